The van der Waals surface area contributed by atoms with Crippen molar-refractivity contribution in [3.63, 3.8) is 0 Å². The lowest BCUT2D eigenvalue weighted by molar-refractivity contribution is 0.106. The molecular formula is C20H17N3O13S4. The quantitative estimate of drug-likeness (QED) is 0.154. The van der Waals surface area contributed by atoms with E-state index in [9.17, 15) is 38.5 Å². The van der Waals surface area contributed by atoms with E-state index in [1.807, 2.05) is 0 Å². The number of nitrogen functional groups attached to an aromatic ring is 2. The van der Waals surface area contributed by atoms with E-state index in [4.69, 9.17) is 35.1 Å². The summed E-state index contributed by atoms with van der Waals surface area (Å²) < 4.78 is 126. The summed E-state index contributed by atoms with van der Waals surface area (Å²) in [6.07, 6.45) is 0.605. The van der Waals surface area contributed by atoms with Gasteiger partial charge in [0.2, 0.25) is 5.78 Å². The van der Waals surface area contributed by atoms with Gasteiger partial charge in [-0.3, -0.25) is 28.4 Å². The summed E-state index contributed by atoms with van der Waals surface area (Å²) in [6.45, 7) is 0. The maximum absolute atomic E-state index is 11.9. The zero-order valence-electron chi connectivity index (χ0n) is 19.4. The third-order valence-electron chi connectivity index (χ3n) is 5.29. The van der Waals surface area contributed by atoms with E-state index in [1.54, 1.807) is 0 Å². The smallest absolute Gasteiger partial charge is 0.297 e. The zero-order valence-corrected chi connectivity index (χ0v) is 22.6. The van der Waals surface area contributed by atoms with Gasteiger partial charge in [0.15, 0.2) is 0 Å². The van der Waals surface area contributed by atoms with Crippen LogP contribution in [0.1, 0.15) is 15.9 Å². The van der Waals surface area contributed by atoms with Crippen molar-refractivity contribution in [2.75, 3.05) is 11.5 Å². The molecule has 0 radical (unpaired) electrons. The molecule has 0 unspecified atom stereocenters. The fourth-order valence-corrected chi connectivity index (χ4v) is 6.69. The number of allylic oxidation sites excluding steroid dienone is 1. The summed E-state index contributed by atoms with van der Waals surface area (Å²) in [5.41, 5.74) is 8.43. The van der Waals surface area contributed by atoms with Crippen LogP contribution in [0.3, 0.4) is 0 Å². The third-order valence-corrected chi connectivity index (χ3v) is 9.03. The molecule has 3 aromatic rings. The van der Waals surface area contributed by atoms with Gasteiger partial charge in [-0.15, -0.1) is 0 Å². The minimum atomic E-state index is -4.93. The molecule has 0 heterocycles. The second kappa shape index (κ2) is 10.0. The molecule has 0 atom stereocenters. The molecule has 0 aliphatic heterocycles. The molecule has 40 heavy (non-hydrogen) atoms. The Morgan fingerprint density at radius 2 is 1.15 bits per heavy atom. The highest BCUT2D eigenvalue weighted by Gasteiger charge is 2.35. The SMILES string of the molecule is N=C1C(=O)c2ccc(N)c(S(=O)(=O)O)c2C=C1S(=O)(=O)O.Nc1ccc2c(S(=O)(=O)O)cccc2c1S(=O)(=O)O. The first-order valence-corrected chi connectivity index (χ1v) is 15.8. The molecule has 0 bridgehead atoms. The van der Waals surface area contributed by atoms with Gasteiger partial charge in [0.1, 0.15) is 25.3 Å². The summed E-state index contributed by atoms with van der Waals surface area (Å²) in [5, 5.41) is 7.28. The van der Waals surface area contributed by atoms with Crippen molar-refractivity contribution in [2.45, 2.75) is 14.7 Å². The number of benzene rings is 3. The summed E-state index contributed by atoms with van der Waals surface area (Å²) in [4.78, 5) is 8.92. The van der Waals surface area contributed by atoms with Gasteiger partial charge in [0, 0.05) is 21.9 Å². The van der Waals surface area contributed by atoms with E-state index in [0.717, 1.165) is 24.3 Å². The average molecular weight is 636 g/mol. The zero-order chi connectivity index (χ0) is 30.6. The Labute approximate surface area is 226 Å². The fraction of sp³-hybridized carbons (Fsp3) is 0. The fourth-order valence-electron chi connectivity index (χ4n) is 3.73. The van der Waals surface area contributed by atoms with Crippen LogP contribution in [0.4, 0.5) is 11.4 Å². The molecule has 0 aromatic heterocycles. The van der Waals surface area contributed by atoms with Crippen molar-refractivity contribution in [1.29, 1.82) is 5.41 Å². The number of nitrogens with one attached hydrogen (secondary N) is 1. The van der Waals surface area contributed by atoms with E-state index in [0.29, 0.717) is 6.08 Å². The lowest BCUT2D eigenvalue weighted by Gasteiger charge is -2.17. The second-order valence-electron chi connectivity index (χ2n) is 7.89. The molecule has 0 saturated heterocycles. The van der Waals surface area contributed by atoms with Gasteiger partial charge in [-0.25, -0.2) is 0 Å². The third kappa shape index (κ3) is 5.88. The summed E-state index contributed by atoms with van der Waals surface area (Å²) in [7, 11) is -18.9. The first-order valence-electron chi connectivity index (χ1n) is 10.1. The van der Waals surface area contributed by atoms with Crippen LogP contribution in [0.2, 0.25) is 0 Å². The molecule has 0 spiro atoms. The van der Waals surface area contributed by atoms with Crippen LogP contribution in [-0.4, -0.2) is 63.4 Å². The maximum Gasteiger partial charge on any atom is 0.297 e. The van der Waals surface area contributed by atoms with E-state index in [-0.39, 0.29) is 22.0 Å². The van der Waals surface area contributed by atoms with Crippen LogP contribution in [-0.2, 0) is 40.5 Å². The highest BCUT2D eigenvalue weighted by molar-refractivity contribution is 7.91. The molecular weight excluding hydrogens is 618 g/mol. The predicted molar refractivity (Wildman–Crippen MR) is 140 cm³/mol. The minimum absolute atomic E-state index is 0.0492. The minimum Gasteiger partial charge on any atom is -0.398 e. The number of hydrogen-bond acceptors (Lipinski definition) is 12. The maximum atomic E-state index is 11.9. The topological polar surface area (TPSA) is 310 Å². The molecule has 1 aliphatic rings. The monoisotopic (exact) mass is 635 g/mol. The molecule has 0 amide bonds. The summed E-state index contributed by atoms with van der Waals surface area (Å²) >= 11 is 0. The number of nitrogens with two attached hydrogens (primary N) is 2. The largest absolute Gasteiger partial charge is 0.398 e. The van der Waals surface area contributed by atoms with Crippen molar-refractivity contribution < 1.29 is 56.7 Å². The Morgan fingerprint density at radius 1 is 0.625 bits per heavy atom. The van der Waals surface area contributed by atoms with Gasteiger partial charge in [-0.05, 0) is 30.3 Å². The van der Waals surface area contributed by atoms with Crippen LogP contribution < -0.4 is 11.5 Å². The number of carbonyl (C=O) groups is 1. The molecule has 0 fully saturated rings. The normalized spacial score (nSPS) is 14.2. The van der Waals surface area contributed by atoms with Crippen molar-refractivity contribution >= 4 is 80.2 Å². The highest BCUT2D eigenvalue weighted by Crippen LogP contribution is 2.34. The first kappa shape index (κ1) is 30.8. The molecule has 9 N–H and O–H groups in total. The van der Waals surface area contributed by atoms with Gasteiger partial charge < -0.3 is 11.5 Å². The molecule has 214 valence electrons. The van der Waals surface area contributed by atoms with Gasteiger partial charge in [0.25, 0.3) is 40.5 Å². The van der Waals surface area contributed by atoms with E-state index in [2.05, 4.69) is 0 Å². The van der Waals surface area contributed by atoms with Gasteiger partial charge in [-0.2, -0.15) is 33.7 Å². The Hall–Kier alpha value is -3.76. The van der Waals surface area contributed by atoms with Crippen molar-refractivity contribution in [1.82, 2.24) is 0 Å². The number of fused-ring (bicyclic) bond motifs is 2. The molecule has 20 heteroatoms. The first-order chi connectivity index (χ1) is 18.1. The molecule has 0 saturated carbocycles. The number of carbonyl (C=O) groups excluding carboxylic acids is 1. The molecule has 3 aromatic carbocycles. The van der Waals surface area contributed by atoms with Crippen molar-refractivity contribution in [3.05, 3.63) is 58.5 Å². The summed E-state index contributed by atoms with van der Waals surface area (Å²) in [5.74, 6) is -1.12. The van der Waals surface area contributed by atoms with E-state index < -0.39 is 82.8 Å². The number of rotatable bonds is 4. The second-order valence-corrected chi connectivity index (χ2v) is 13.4. The molecule has 16 nitrogen and oxygen atoms in total. The Bertz CT molecular complexity index is 2100. The number of anilines is 2. The standard InChI is InChI=1S/C10H8N2O7S2.C10H9NO6S2/c11-6-2-1-4-5(10(6)21(17,18)19)3-7(20(14,15)16)8(12)9(4)13;11-8-5-4-6-7(10(8)19(15,16)17)2-1-3-9(6)18(12,13)14/h1-3,12H,11H2,(H,14,15,16)(H,17,18,19);1-5H,11H2,(H,12,13,14)(H,15,16,17). The van der Waals surface area contributed by atoms with E-state index >= 15 is 0 Å². The van der Waals surface area contributed by atoms with Crippen LogP contribution in [0.15, 0.2) is 62.1 Å². The van der Waals surface area contributed by atoms with Crippen molar-refractivity contribution in [2.24, 2.45) is 0 Å². The van der Waals surface area contributed by atoms with Crippen LogP contribution in [0.25, 0.3) is 16.8 Å². The van der Waals surface area contributed by atoms with Crippen LogP contribution in [0.5, 0.6) is 0 Å². The van der Waals surface area contributed by atoms with Gasteiger partial charge >= 0.3 is 0 Å². The molecule has 4 rings (SSSR count). The lowest BCUT2D eigenvalue weighted by Crippen LogP contribution is -2.26. The Kier molecular flexibility index (Phi) is 7.70. The number of hydrogen-bond donors (Lipinski definition) is 7. The average Bonchev–Trinajstić information content (AvgIpc) is 2.77. The summed E-state index contributed by atoms with van der Waals surface area (Å²) in [6, 6.07) is 8.14. The van der Waals surface area contributed by atoms with Crippen molar-refractivity contribution in [3.8, 4) is 0 Å². The Morgan fingerprint density at radius 3 is 1.65 bits per heavy atom. The highest BCUT2D eigenvalue weighted by atomic mass is 32.2. The van der Waals surface area contributed by atoms with Crippen LogP contribution in [0, 0.1) is 5.41 Å². The molecule has 1 aliphatic carbocycles. The number of Topliss-reactive ketones (excluding diaryl/α,β-unsaturated/α-hetero) is 1. The lowest BCUT2D eigenvalue weighted by atomic mass is 9.94. The predicted octanol–water partition coefficient (Wildman–Crippen LogP) is 0.876. The van der Waals surface area contributed by atoms with Crippen LogP contribution >= 0.6 is 0 Å². The van der Waals surface area contributed by atoms with E-state index in [1.165, 1.54) is 18.2 Å². The number of ketones is 1. The van der Waals surface area contributed by atoms with Gasteiger partial charge in [-0.1, -0.05) is 18.2 Å². The van der Waals surface area contributed by atoms with Gasteiger partial charge in [0.05, 0.1) is 11.4 Å². The Balaban J connectivity index is 0.000000222.